The molecule has 29 heavy (non-hydrogen) atoms. The van der Waals surface area contributed by atoms with E-state index in [0.717, 1.165) is 55.6 Å². The van der Waals surface area contributed by atoms with Crippen LogP contribution in [0.3, 0.4) is 0 Å². The molecule has 0 unspecified atom stereocenters. The number of ether oxygens (including phenoxy) is 1. The summed E-state index contributed by atoms with van der Waals surface area (Å²) >= 11 is 0. The Morgan fingerprint density at radius 1 is 1.07 bits per heavy atom. The molecule has 4 nitrogen and oxygen atoms in total. The lowest BCUT2D eigenvalue weighted by Gasteiger charge is -2.40. The van der Waals surface area contributed by atoms with Crippen LogP contribution >= 0.6 is 34.0 Å². The molecule has 2 aliphatic rings. The number of likely N-dealkylation sites (tertiary alicyclic amines) is 1. The fourth-order valence-electron chi connectivity index (χ4n) is 4.60. The van der Waals surface area contributed by atoms with Crippen LogP contribution in [0.2, 0.25) is 0 Å². The Bertz CT molecular complexity index is 780. The number of rotatable bonds is 4. The monoisotopic (exact) mass is 526 g/mol. The van der Waals surface area contributed by atoms with Crippen LogP contribution in [0.5, 0.6) is 5.75 Å². The summed E-state index contributed by atoms with van der Waals surface area (Å²) in [5, 5.41) is 10.6. The highest BCUT2D eigenvalue weighted by molar-refractivity contribution is 8.93. The van der Waals surface area contributed by atoms with E-state index in [1.54, 1.807) is 0 Å². The molecule has 0 amide bonds. The highest BCUT2D eigenvalue weighted by atomic mass is 79.9. The lowest BCUT2D eigenvalue weighted by Crippen LogP contribution is -2.41. The lowest BCUT2D eigenvalue weighted by molar-refractivity contribution is -0.0651. The van der Waals surface area contributed by atoms with E-state index < -0.39 is 0 Å². The molecule has 4 rings (SSSR count). The molecule has 0 spiro atoms. The van der Waals surface area contributed by atoms with E-state index in [0.29, 0.717) is 18.2 Å². The van der Waals surface area contributed by atoms with Crippen molar-refractivity contribution >= 4 is 34.0 Å². The molecule has 0 bridgehead atoms. The summed E-state index contributed by atoms with van der Waals surface area (Å²) < 4.78 is 6.40. The van der Waals surface area contributed by atoms with Crippen molar-refractivity contribution in [3.8, 4) is 5.75 Å². The van der Waals surface area contributed by atoms with Gasteiger partial charge in [0.1, 0.15) is 5.75 Å². The summed E-state index contributed by atoms with van der Waals surface area (Å²) in [6, 6.07) is 14.7. The van der Waals surface area contributed by atoms with Crippen LogP contribution < -0.4 is 5.73 Å². The second-order valence-electron chi connectivity index (χ2n) is 8.00. The van der Waals surface area contributed by atoms with E-state index in [1.165, 1.54) is 5.56 Å². The van der Waals surface area contributed by atoms with Crippen LogP contribution in [0.25, 0.3) is 0 Å². The van der Waals surface area contributed by atoms with Gasteiger partial charge >= 0.3 is 0 Å². The number of halogens is 2. The Balaban J connectivity index is 0.00000150. The van der Waals surface area contributed by atoms with Gasteiger partial charge in [-0.2, -0.15) is 0 Å². The number of hydrogen-bond donors (Lipinski definition) is 2. The van der Waals surface area contributed by atoms with Gasteiger partial charge in [-0.3, -0.25) is 4.90 Å². The summed E-state index contributed by atoms with van der Waals surface area (Å²) in [6.07, 6.45) is 3.11. The molecular formula is C23H32Br2N2O2. The van der Waals surface area contributed by atoms with Crippen molar-refractivity contribution in [2.45, 2.75) is 44.9 Å². The van der Waals surface area contributed by atoms with Crippen molar-refractivity contribution in [1.82, 2.24) is 4.90 Å². The predicted molar refractivity (Wildman–Crippen MR) is 128 cm³/mol. The maximum atomic E-state index is 10.6. The number of piperidine rings is 1. The molecule has 0 radical (unpaired) electrons. The molecule has 2 atom stereocenters. The van der Waals surface area contributed by atoms with Crippen LogP contribution in [0.15, 0.2) is 42.5 Å². The summed E-state index contributed by atoms with van der Waals surface area (Å²) in [4.78, 5) is 2.53. The highest BCUT2D eigenvalue weighted by Gasteiger charge is 2.35. The minimum absolute atomic E-state index is 0. The molecule has 2 heterocycles. The van der Waals surface area contributed by atoms with Crippen molar-refractivity contribution in [1.29, 1.82) is 0 Å². The first kappa shape index (κ1) is 24.4. The molecule has 2 aliphatic heterocycles. The number of nitrogens with zero attached hydrogens (tertiary/aromatic N) is 1. The van der Waals surface area contributed by atoms with Gasteiger partial charge in [-0.25, -0.2) is 0 Å². The highest BCUT2D eigenvalue weighted by Crippen LogP contribution is 2.40. The molecule has 1 saturated heterocycles. The van der Waals surface area contributed by atoms with Gasteiger partial charge in [-0.05, 0) is 55.5 Å². The van der Waals surface area contributed by atoms with Gasteiger partial charge in [0.05, 0.1) is 12.2 Å². The largest absolute Gasteiger partial charge is 0.507 e. The Labute approximate surface area is 195 Å². The second kappa shape index (κ2) is 10.9. The van der Waals surface area contributed by atoms with Crippen LogP contribution in [-0.2, 0) is 17.7 Å². The number of aromatic hydroxyl groups is 1. The Morgan fingerprint density at radius 3 is 2.41 bits per heavy atom. The predicted octanol–water partition coefficient (Wildman–Crippen LogP) is 4.71. The topological polar surface area (TPSA) is 58.7 Å². The lowest BCUT2D eigenvalue weighted by atomic mass is 9.83. The SMILES string of the molecule is Br.Br.Cc1ccc2c(c1O)C[C@@H](C1CCN(Cc3ccccc3)CC1)O[C@H]2CN. The third-order valence-electron chi connectivity index (χ3n) is 6.23. The zero-order chi connectivity index (χ0) is 18.8. The van der Waals surface area contributed by atoms with Gasteiger partial charge in [-0.1, -0.05) is 42.5 Å². The van der Waals surface area contributed by atoms with E-state index in [2.05, 4.69) is 41.3 Å². The van der Waals surface area contributed by atoms with Gasteiger partial charge in [0, 0.05) is 25.1 Å². The van der Waals surface area contributed by atoms with Crippen molar-refractivity contribution in [2.75, 3.05) is 19.6 Å². The average Bonchev–Trinajstić information content (AvgIpc) is 2.71. The van der Waals surface area contributed by atoms with Gasteiger partial charge in [-0.15, -0.1) is 34.0 Å². The smallest absolute Gasteiger partial charge is 0.122 e. The maximum Gasteiger partial charge on any atom is 0.122 e. The molecule has 160 valence electrons. The van der Waals surface area contributed by atoms with E-state index in [4.69, 9.17) is 10.5 Å². The van der Waals surface area contributed by atoms with Crippen LogP contribution in [0, 0.1) is 12.8 Å². The molecule has 2 aromatic carbocycles. The van der Waals surface area contributed by atoms with E-state index >= 15 is 0 Å². The van der Waals surface area contributed by atoms with Gasteiger partial charge in [0.25, 0.3) is 0 Å². The van der Waals surface area contributed by atoms with E-state index in [9.17, 15) is 5.11 Å². The Morgan fingerprint density at radius 2 is 1.76 bits per heavy atom. The van der Waals surface area contributed by atoms with Gasteiger partial charge in [0.2, 0.25) is 0 Å². The van der Waals surface area contributed by atoms with Crippen LogP contribution in [-0.4, -0.2) is 35.7 Å². The fraction of sp³-hybridized carbons (Fsp3) is 0.478. The number of aryl methyl sites for hydroxylation is 1. The second-order valence-corrected chi connectivity index (χ2v) is 8.00. The van der Waals surface area contributed by atoms with Gasteiger partial charge < -0.3 is 15.6 Å². The number of phenols is 1. The summed E-state index contributed by atoms with van der Waals surface area (Å²) in [7, 11) is 0. The molecule has 3 N–H and O–H groups in total. The molecular weight excluding hydrogens is 496 g/mol. The zero-order valence-electron chi connectivity index (χ0n) is 16.9. The third-order valence-corrected chi connectivity index (χ3v) is 6.23. The van der Waals surface area contributed by atoms with Crippen LogP contribution in [0.1, 0.15) is 41.2 Å². The summed E-state index contributed by atoms with van der Waals surface area (Å²) in [5.74, 6) is 0.958. The van der Waals surface area contributed by atoms with Crippen LogP contribution in [0.4, 0.5) is 0 Å². The molecule has 6 heteroatoms. The first-order valence-electron chi connectivity index (χ1n) is 10.1. The first-order valence-corrected chi connectivity index (χ1v) is 10.1. The molecule has 0 aromatic heterocycles. The van der Waals surface area contributed by atoms with Crippen molar-refractivity contribution in [3.05, 3.63) is 64.7 Å². The summed E-state index contributed by atoms with van der Waals surface area (Å²) in [6.45, 7) is 5.63. The molecule has 0 aliphatic carbocycles. The maximum absolute atomic E-state index is 10.6. The van der Waals surface area contributed by atoms with E-state index in [-0.39, 0.29) is 46.2 Å². The summed E-state index contributed by atoms with van der Waals surface area (Å²) in [5.41, 5.74) is 10.4. The number of hydrogen-bond acceptors (Lipinski definition) is 4. The zero-order valence-corrected chi connectivity index (χ0v) is 20.3. The first-order chi connectivity index (χ1) is 13.2. The quantitative estimate of drug-likeness (QED) is 0.604. The normalized spacial score (nSPS) is 22.3. The number of phenolic OH excluding ortho intramolecular Hbond substituents is 1. The third kappa shape index (κ3) is 5.42. The van der Waals surface area contributed by atoms with Crippen molar-refractivity contribution in [3.63, 3.8) is 0 Å². The molecule has 1 fully saturated rings. The minimum atomic E-state index is -0.104. The molecule has 2 aromatic rings. The van der Waals surface area contributed by atoms with Gasteiger partial charge in [0.15, 0.2) is 0 Å². The van der Waals surface area contributed by atoms with Crippen molar-refractivity contribution < 1.29 is 9.84 Å². The molecule has 0 saturated carbocycles. The standard InChI is InChI=1S/C23H30N2O2.2BrH/c1-16-7-8-19-20(23(16)26)13-21(27-22(19)14-24)18-9-11-25(12-10-18)15-17-5-3-2-4-6-17;;/h2-8,18,21-22,26H,9-15,24H2,1H3;2*1H/t21-,22-;;/m0../s1. The number of fused-ring (bicyclic) bond motifs is 1. The fourth-order valence-corrected chi connectivity index (χ4v) is 4.60. The minimum Gasteiger partial charge on any atom is -0.507 e. The number of benzene rings is 2. The Hall–Kier alpha value is -0.920. The number of nitrogens with two attached hydrogens (primary N) is 1. The van der Waals surface area contributed by atoms with Crippen molar-refractivity contribution in [2.24, 2.45) is 11.7 Å². The Kier molecular flexibility index (Phi) is 9.16. The van der Waals surface area contributed by atoms with E-state index in [1.807, 2.05) is 13.0 Å². The average molecular weight is 528 g/mol.